The Labute approximate surface area is 242 Å². The second-order valence-corrected chi connectivity index (χ2v) is 11.7. The van der Waals surface area contributed by atoms with Crippen molar-refractivity contribution in [2.75, 3.05) is 24.0 Å². The van der Waals surface area contributed by atoms with Gasteiger partial charge in [0.25, 0.3) is 10.0 Å². The van der Waals surface area contributed by atoms with Crippen LogP contribution >= 0.6 is 24.0 Å². The number of hydrogen-bond donors (Lipinski definition) is 0. The maximum Gasteiger partial charge on any atom is 0.264 e. The van der Waals surface area contributed by atoms with Gasteiger partial charge in [0, 0.05) is 30.2 Å². The first-order chi connectivity index (χ1) is 18.5. The van der Waals surface area contributed by atoms with Crippen LogP contribution in [0.2, 0.25) is 5.02 Å². The zero-order valence-corrected chi connectivity index (χ0v) is 24.0. The molecule has 1 heterocycles. The lowest BCUT2D eigenvalue weighted by atomic mass is 10.00. The molecular weight excluding hydrogens is 551 g/mol. The van der Waals surface area contributed by atoms with Crippen LogP contribution < -0.4 is 9.04 Å². The highest BCUT2D eigenvalue weighted by Gasteiger charge is 2.26. The highest BCUT2D eigenvalue weighted by atomic mass is 35.5. The van der Waals surface area contributed by atoms with Crippen LogP contribution in [0.4, 0.5) is 5.69 Å². The van der Waals surface area contributed by atoms with E-state index in [4.69, 9.17) is 16.3 Å². The van der Waals surface area contributed by atoms with Crippen molar-refractivity contribution in [1.29, 1.82) is 0 Å². The first kappa shape index (κ1) is 29.0. The summed E-state index contributed by atoms with van der Waals surface area (Å²) in [6.45, 7) is 3.69. The van der Waals surface area contributed by atoms with E-state index in [-0.39, 0.29) is 23.8 Å². The standard InChI is InChI=1S/C31H31ClN2O3S.ClH/c32-28-15-17-30(18-16-28)38(35,36)34(29-12-2-1-3-13-29)24-27-11-6-7-14-31(27)37-22-8-20-33-21-19-25-9-4-5-10-26(25)23-33;/h1-7,9-18H,8,19-24H2;1H. The number of para-hydroxylation sites is 2. The van der Waals surface area contributed by atoms with Crippen molar-refractivity contribution < 1.29 is 13.2 Å². The van der Waals surface area contributed by atoms with E-state index in [1.165, 1.54) is 27.6 Å². The summed E-state index contributed by atoms with van der Waals surface area (Å²) in [5.41, 5.74) is 4.25. The number of fused-ring (bicyclic) bond motifs is 1. The minimum Gasteiger partial charge on any atom is -0.493 e. The van der Waals surface area contributed by atoms with Crippen molar-refractivity contribution in [2.24, 2.45) is 0 Å². The molecule has 5 nitrogen and oxygen atoms in total. The van der Waals surface area contributed by atoms with Crippen molar-refractivity contribution in [3.05, 3.63) is 125 Å². The van der Waals surface area contributed by atoms with Gasteiger partial charge in [-0.2, -0.15) is 0 Å². The van der Waals surface area contributed by atoms with Crippen LogP contribution in [0.3, 0.4) is 0 Å². The first-order valence-corrected chi connectivity index (χ1v) is 14.7. The predicted molar refractivity (Wildman–Crippen MR) is 160 cm³/mol. The number of ether oxygens (including phenoxy) is 1. The Kier molecular flexibility index (Phi) is 9.92. The number of halogens is 2. The molecule has 0 radical (unpaired) electrons. The molecular formula is C31H32Cl2N2O3S. The van der Waals surface area contributed by atoms with Crippen LogP contribution in [-0.2, 0) is 29.5 Å². The molecule has 0 N–H and O–H groups in total. The van der Waals surface area contributed by atoms with Crippen LogP contribution in [0.25, 0.3) is 0 Å². The summed E-state index contributed by atoms with van der Waals surface area (Å²) in [7, 11) is -3.84. The minimum atomic E-state index is -3.84. The van der Waals surface area contributed by atoms with Gasteiger partial charge in [0.15, 0.2) is 0 Å². The van der Waals surface area contributed by atoms with E-state index in [9.17, 15) is 8.42 Å². The number of nitrogens with zero attached hydrogens (tertiary/aromatic N) is 2. The van der Waals surface area contributed by atoms with Crippen molar-refractivity contribution in [1.82, 2.24) is 4.90 Å². The van der Waals surface area contributed by atoms with Gasteiger partial charge in [0.2, 0.25) is 0 Å². The van der Waals surface area contributed by atoms with Crippen LogP contribution in [0.5, 0.6) is 5.75 Å². The van der Waals surface area contributed by atoms with E-state index < -0.39 is 10.0 Å². The Bertz CT molecular complexity index is 1460. The lowest BCUT2D eigenvalue weighted by molar-refractivity contribution is 0.220. The third-order valence-electron chi connectivity index (χ3n) is 6.82. The molecule has 5 rings (SSSR count). The van der Waals surface area contributed by atoms with Crippen molar-refractivity contribution in [2.45, 2.75) is 30.8 Å². The van der Waals surface area contributed by atoms with Crippen molar-refractivity contribution >= 4 is 39.7 Å². The summed E-state index contributed by atoms with van der Waals surface area (Å²) in [6.07, 6.45) is 1.97. The summed E-state index contributed by atoms with van der Waals surface area (Å²) < 4.78 is 35.1. The van der Waals surface area contributed by atoms with Crippen molar-refractivity contribution in [3.8, 4) is 5.75 Å². The molecule has 0 aliphatic carbocycles. The van der Waals surface area contributed by atoms with E-state index in [0.717, 1.165) is 38.0 Å². The van der Waals surface area contributed by atoms with E-state index in [1.807, 2.05) is 42.5 Å². The number of hydrogen-bond acceptors (Lipinski definition) is 4. The molecule has 4 aromatic carbocycles. The summed E-state index contributed by atoms with van der Waals surface area (Å²) in [6, 6.07) is 31.7. The summed E-state index contributed by atoms with van der Waals surface area (Å²) in [5.74, 6) is 0.698. The molecule has 8 heteroatoms. The Morgan fingerprint density at radius 2 is 1.49 bits per heavy atom. The zero-order chi connectivity index (χ0) is 26.4. The molecule has 204 valence electrons. The van der Waals surface area contributed by atoms with Crippen LogP contribution in [0.15, 0.2) is 108 Å². The fraction of sp³-hybridized carbons (Fsp3) is 0.226. The molecule has 0 saturated heterocycles. The average molecular weight is 584 g/mol. The van der Waals surface area contributed by atoms with Gasteiger partial charge in [-0.25, -0.2) is 8.42 Å². The smallest absolute Gasteiger partial charge is 0.264 e. The largest absolute Gasteiger partial charge is 0.493 e. The molecule has 39 heavy (non-hydrogen) atoms. The fourth-order valence-electron chi connectivity index (χ4n) is 4.79. The Balaban J connectivity index is 0.00000353. The summed E-state index contributed by atoms with van der Waals surface area (Å²) in [4.78, 5) is 2.65. The van der Waals surface area contributed by atoms with Crippen LogP contribution in [0.1, 0.15) is 23.1 Å². The molecule has 0 spiro atoms. The predicted octanol–water partition coefficient (Wildman–Crippen LogP) is 6.98. The van der Waals surface area contributed by atoms with Gasteiger partial charge in [-0.15, -0.1) is 12.4 Å². The van der Waals surface area contributed by atoms with E-state index in [1.54, 1.807) is 24.3 Å². The molecule has 0 unspecified atom stereocenters. The summed E-state index contributed by atoms with van der Waals surface area (Å²) >= 11 is 6.01. The molecule has 4 aromatic rings. The molecule has 0 saturated carbocycles. The highest BCUT2D eigenvalue weighted by Crippen LogP contribution is 2.29. The van der Waals surface area contributed by atoms with Crippen molar-refractivity contribution in [3.63, 3.8) is 0 Å². The van der Waals surface area contributed by atoms with Gasteiger partial charge in [0.05, 0.1) is 23.7 Å². The quantitative estimate of drug-likeness (QED) is 0.189. The number of rotatable bonds is 10. The van der Waals surface area contributed by atoms with Crippen LogP contribution in [-0.4, -0.2) is 33.0 Å². The molecule has 0 atom stereocenters. The monoisotopic (exact) mass is 582 g/mol. The molecule has 0 fully saturated rings. The van der Waals surface area contributed by atoms with Gasteiger partial charge in [-0.3, -0.25) is 9.21 Å². The third-order valence-corrected chi connectivity index (χ3v) is 8.86. The zero-order valence-electron chi connectivity index (χ0n) is 21.6. The van der Waals surface area contributed by atoms with Gasteiger partial charge in [0.1, 0.15) is 5.75 Å². The van der Waals surface area contributed by atoms with Gasteiger partial charge < -0.3 is 4.74 Å². The minimum absolute atomic E-state index is 0. The third kappa shape index (κ3) is 7.14. The van der Waals surface area contributed by atoms with Crippen LogP contribution in [0, 0.1) is 0 Å². The molecule has 1 aliphatic heterocycles. The topological polar surface area (TPSA) is 49.9 Å². The number of benzene rings is 4. The lowest BCUT2D eigenvalue weighted by Gasteiger charge is -2.28. The molecule has 0 aromatic heterocycles. The number of sulfonamides is 1. The molecule has 1 aliphatic rings. The van der Waals surface area contributed by atoms with Gasteiger partial charge in [-0.05, 0) is 66.4 Å². The molecule has 0 bridgehead atoms. The maximum atomic E-state index is 13.7. The van der Waals surface area contributed by atoms with Gasteiger partial charge >= 0.3 is 0 Å². The van der Waals surface area contributed by atoms with E-state index >= 15 is 0 Å². The van der Waals surface area contributed by atoms with E-state index in [0.29, 0.717) is 23.1 Å². The lowest BCUT2D eigenvalue weighted by Crippen LogP contribution is -2.32. The van der Waals surface area contributed by atoms with E-state index in [2.05, 4.69) is 29.2 Å². The first-order valence-electron chi connectivity index (χ1n) is 12.8. The Morgan fingerprint density at radius 1 is 0.821 bits per heavy atom. The molecule has 0 amide bonds. The summed E-state index contributed by atoms with van der Waals surface area (Å²) in [5, 5.41) is 0.489. The fourth-order valence-corrected chi connectivity index (χ4v) is 6.36. The normalized spacial score (nSPS) is 13.3. The maximum absolute atomic E-state index is 13.7. The van der Waals surface area contributed by atoms with Gasteiger partial charge in [-0.1, -0.05) is 72.3 Å². The Morgan fingerprint density at radius 3 is 2.26 bits per heavy atom. The highest BCUT2D eigenvalue weighted by molar-refractivity contribution is 7.92. The SMILES string of the molecule is Cl.O=S(=O)(c1ccc(Cl)cc1)N(Cc1ccccc1OCCCN1CCc2ccccc2C1)c1ccccc1. The second kappa shape index (κ2) is 13.4. The average Bonchev–Trinajstić information content (AvgIpc) is 2.95. The second-order valence-electron chi connectivity index (χ2n) is 9.41. The number of anilines is 1. The Hall–Kier alpha value is -3.03.